The summed E-state index contributed by atoms with van der Waals surface area (Å²) < 4.78 is 2.15. The van der Waals surface area contributed by atoms with Gasteiger partial charge < -0.3 is 4.57 Å². The summed E-state index contributed by atoms with van der Waals surface area (Å²) in [6.07, 6.45) is 10.3. The van der Waals surface area contributed by atoms with Gasteiger partial charge in [-0.3, -0.25) is 19.8 Å². The van der Waals surface area contributed by atoms with E-state index in [1.165, 1.54) is 17.7 Å². The van der Waals surface area contributed by atoms with E-state index in [4.69, 9.17) is 35.4 Å². The molecule has 5 nitrogen and oxygen atoms in total. The zero-order valence-corrected chi connectivity index (χ0v) is 17.2. The molecule has 1 aromatic heterocycles. The van der Waals surface area contributed by atoms with Crippen molar-refractivity contribution in [2.45, 2.75) is 31.7 Å². The van der Waals surface area contributed by atoms with Crippen LogP contribution in [0, 0.1) is 0 Å². The van der Waals surface area contributed by atoms with Crippen LogP contribution in [0.3, 0.4) is 0 Å². The summed E-state index contributed by atoms with van der Waals surface area (Å²) in [6.45, 7) is 0. The highest BCUT2D eigenvalue weighted by atomic mass is 35.5. The molecule has 1 saturated heterocycles. The number of thiocarbonyl (C=S) groups is 1. The summed E-state index contributed by atoms with van der Waals surface area (Å²) in [5.41, 5.74) is 1.11. The monoisotopic (exact) mass is 433 g/mol. The fourth-order valence-corrected chi connectivity index (χ4v) is 4.31. The van der Waals surface area contributed by atoms with Gasteiger partial charge in [0.05, 0.1) is 15.7 Å². The van der Waals surface area contributed by atoms with Crippen LogP contribution in [-0.4, -0.2) is 21.5 Å². The van der Waals surface area contributed by atoms with E-state index in [0.717, 1.165) is 18.4 Å². The number of aromatic nitrogens is 1. The van der Waals surface area contributed by atoms with E-state index in [0.29, 0.717) is 16.8 Å². The lowest BCUT2D eigenvalue weighted by Crippen LogP contribution is -2.54. The largest absolute Gasteiger partial charge is 0.351 e. The third-order valence-electron chi connectivity index (χ3n) is 5.07. The van der Waals surface area contributed by atoms with Crippen molar-refractivity contribution in [3.05, 3.63) is 57.8 Å². The van der Waals surface area contributed by atoms with E-state index in [1.807, 2.05) is 18.5 Å². The van der Waals surface area contributed by atoms with Gasteiger partial charge in [0.15, 0.2) is 5.11 Å². The van der Waals surface area contributed by atoms with Crippen LogP contribution in [0.25, 0.3) is 6.08 Å². The second kappa shape index (κ2) is 7.70. The number of amides is 2. The molecule has 144 valence electrons. The zero-order chi connectivity index (χ0) is 19.8. The Bertz CT molecular complexity index is 1010. The van der Waals surface area contributed by atoms with Gasteiger partial charge in [0.25, 0.3) is 11.8 Å². The van der Waals surface area contributed by atoms with E-state index in [2.05, 4.69) is 9.88 Å². The van der Waals surface area contributed by atoms with Crippen LogP contribution in [0.4, 0.5) is 5.69 Å². The number of benzene rings is 1. The number of anilines is 1. The Morgan fingerprint density at radius 2 is 1.89 bits per heavy atom. The van der Waals surface area contributed by atoms with Gasteiger partial charge in [0.2, 0.25) is 0 Å². The molecule has 1 N–H and O–H groups in total. The fraction of sp³-hybridized carbons (Fsp3) is 0.250. The normalized spacial score (nSPS) is 19.6. The first-order chi connectivity index (χ1) is 13.5. The highest BCUT2D eigenvalue weighted by molar-refractivity contribution is 7.80. The van der Waals surface area contributed by atoms with Crippen molar-refractivity contribution < 1.29 is 9.59 Å². The van der Waals surface area contributed by atoms with Gasteiger partial charge >= 0.3 is 0 Å². The Labute approximate surface area is 177 Å². The number of carbonyl (C=O) groups is 2. The van der Waals surface area contributed by atoms with Gasteiger partial charge in [-0.2, -0.15) is 0 Å². The smallest absolute Gasteiger partial charge is 0.270 e. The summed E-state index contributed by atoms with van der Waals surface area (Å²) >= 11 is 17.5. The molecule has 2 heterocycles. The SMILES string of the molecule is O=C1NC(=S)N(c2cccc(Cl)c2Cl)C(=O)/C1=C\c1ccn(C2CCCC2)c1. The van der Waals surface area contributed by atoms with Crippen LogP contribution in [0.15, 0.2) is 42.2 Å². The molecular weight excluding hydrogens is 417 g/mol. The number of rotatable bonds is 3. The highest BCUT2D eigenvalue weighted by Gasteiger charge is 2.35. The molecule has 2 aromatic rings. The standard InChI is InChI=1S/C20H17Cl2N3O2S/c21-15-6-3-7-16(17(15)22)25-19(27)14(18(26)23-20(25)28)10-12-8-9-24(11-12)13-4-1-2-5-13/h3,6-11,13H,1-2,4-5H2,(H,23,26,28)/b14-10-. The molecule has 0 bridgehead atoms. The highest BCUT2D eigenvalue weighted by Crippen LogP contribution is 2.34. The van der Waals surface area contributed by atoms with E-state index < -0.39 is 11.8 Å². The Morgan fingerprint density at radius 1 is 1.14 bits per heavy atom. The van der Waals surface area contributed by atoms with Crippen LogP contribution >= 0.6 is 35.4 Å². The maximum absolute atomic E-state index is 13.1. The molecule has 2 fully saturated rings. The van der Waals surface area contributed by atoms with Crippen molar-refractivity contribution in [3.63, 3.8) is 0 Å². The molecule has 1 aliphatic heterocycles. The predicted octanol–water partition coefficient (Wildman–Crippen LogP) is 4.74. The maximum atomic E-state index is 13.1. The van der Waals surface area contributed by atoms with Crippen molar-refractivity contribution in [2.75, 3.05) is 4.90 Å². The summed E-state index contributed by atoms with van der Waals surface area (Å²) in [4.78, 5) is 26.7. The number of carbonyl (C=O) groups excluding carboxylic acids is 2. The molecule has 1 aliphatic carbocycles. The molecule has 8 heteroatoms. The molecule has 0 unspecified atom stereocenters. The molecular formula is C20H17Cl2N3O2S. The van der Waals surface area contributed by atoms with Gasteiger partial charge in [-0.05, 0) is 54.9 Å². The lowest BCUT2D eigenvalue weighted by Gasteiger charge is -2.29. The first-order valence-corrected chi connectivity index (χ1v) is 10.1. The maximum Gasteiger partial charge on any atom is 0.270 e. The Balaban J connectivity index is 1.68. The minimum absolute atomic E-state index is 0.00573. The van der Waals surface area contributed by atoms with E-state index in [1.54, 1.807) is 24.3 Å². The zero-order valence-electron chi connectivity index (χ0n) is 14.8. The lowest BCUT2D eigenvalue weighted by atomic mass is 10.1. The summed E-state index contributed by atoms with van der Waals surface area (Å²) in [7, 11) is 0. The number of hydrogen-bond acceptors (Lipinski definition) is 3. The molecule has 4 rings (SSSR count). The minimum Gasteiger partial charge on any atom is -0.351 e. The molecule has 0 spiro atoms. The summed E-state index contributed by atoms with van der Waals surface area (Å²) in [5.74, 6) is -1.07. The molecule has 2 amide bonds. The number of nitrogens with one attached hydrogen (secondary N) is 1. The Kier molecular flexibility index (Phi) is 5.27. The topological polar surface area (TPSA) is 54.3 Å². The van der Waals surface area contributed by atoms with Crippen molar-refractivity contribution in [2.24, 2.45) is 0 Å². The summed E-state index contributed by atoms with van der Waals surface area (Å²) in [6, 6.07) is 7.30. The van der Waals surface area contributed by atoms with Crippen molar-refractivity contribution in [1.29, 1.82) is 0 Å². The molecule has 1 saturated carbocycles. The minimum atomic E-state index is -0.536. The van der Waals surface area contributed by atoms with E-state index in [-0.39, 0.29) is 15.7 Å². The van der Waals surface area contributed by atoms with Crippen LogP contribution in [0.1, 0.15) is 37.3 Å². The van der Waals surface area contributed by atoms with E-state index >= 15 is 0 Å². The van der Waals surface area contributed by atoms with Crippen molar-refractivity contribution in [3.8, 4) is 0 Å². The van der Waals surface area contributed by atoms with Crippen LogP contribution in [-0.2, 0) is 9.59 Å². The molecule has 0 radical (unpaired) electrons. The Hall–Kier alpha value is -2.15. The lowest BCUT2D eigenvalue weighted by molar-refractivity contribution is -0.122. The first-order valence-electron chi connectivity index (χ1n) is 8.98. The first kappa shape index (κ1) is 19.2. The molecule has 0 atom stereocenters. The van der Waals surface area contributed by atoms with Gasteiger partial charge in [0.1, 0.15) is 5.57 Å². The number of nitrogens with zero attached hydrogens (tertiary/aromatic N) is 2. The second-order valence-electron chi connectivity index (χ2n) is 6.86. The fourth-order valence-electron chi connectivity index (χ4n) is 3.65. The van der Waals surface area contributed by atoms with Crippen LogP contribution < -0.4 is 10.2 Å². The number of halogens is 2. The third kappa shape index (κ3) is 3.48. The molecule has 28 heavy (non-hydrogen) atoms. The van der Waals surface area contributed by atoms with E-state index in [9.17, 15) is 9.59 Å². The quantitative estimate of drug-likeness (QED) is 0.431. The van der Waals surface area contributed by atoms with Gasteiger partial charge in [-0.1, -0.05) is 42.1 Å². The molecule has 1 aromatic carbocycles. The van der Waals surface area contributed by atoms with Crippen molar-refractivity contribution >= 4 is 64.1 Å². The average molecular weight is 434 g/mol. The van der Waals surface area contributed by atoms with Crippen LogP contribution in [0.2, 0.25) is 10.0 Å². The average Bonchev–Trinajstić information content (AvgIpc) is 3.33. The third-order valence-corrected chi connectivity index (χ3v) is 6.16. The van der Waals surface area contributed by atoms with Gasteiger partial charge in [-0.15, -0.1) is 0 Å². The summed E-state index contributed by atoms with van der Waals surface area (Å²) in [5, 5.41) is 3.02. The van der Waals surface area contributed by atoms with Crippen molar-refractivity contribution in [1.82, 2.24) is 9.88 Å². The van der Waals surface area contributed by atoms with Crippen LogP contribution in [0.5, 0.6) is 0 Å². The second-order valence-corrected chi connectivity index (χ2v) is 8.03. The Morgan fingerprint density at radius 3 is 2.64 bits per heavy atom. The molecule has 2 aliphatic rings. The van der Waals surface area contributed by atoms with Gasteiger partial charge in [0, 0.05) is 18.4 Å². The predicted molar refractivity (Wildman–Crippen MR) is 115 cm³/mol. The van der Waals surface area contributed by atoms with Gasteiger partial charge in [-0.25, -0.2) is 0 Å². The number of hydrogen-bond donors (Lipinski definition) is 1.